The summed E-state index contributed by atoms with van der Waals surface area (Å²) in [5.74, 6) is -0.980. The predicted octanol–water partition coefficient (Wildman–Crippen LogP) is 3.82. The molecule has 0 saturated carbocycles. The number of carbonyl (C=O) groups excluding carboxylic acids is 1. The zero-order valence-electron chi connectivity index (χ0n) is 18.0. The number of sulfonamides is 1. The topological polar surface area (TPSA) is 91.1 Å². The van der Waals surface area contributed by atoms with Crippen LogP contribution in [0.5, 0.6) is 0 Å². The van der Waals surface area contributed by atoms with Crippen molar-refractivity contribution >= 4 is 26.8 Å². The SMILES string of the molecule is Cc1cccc(S(=O)(=O)N[C@@H](Cc2c[nH]c3ccccc23)C(=O)NCc2ccccc2F)c1. The van der Waals surface area contributed by atoms with Crippen LogP contribution >= 0.6 is 0 Å². The Morgan fingerprint density at radius 1 is 1.00 bits per heavy atom. The number of aromatic amines is 1. The first-order chi connectivity index (χ1) is 15.8. The van der Waals surface area contributed by atoms with E-state index in [0.717, 1.165) is 22.0 Å². The lowest BCUT2D eigenvalue weighted by Crippen LogP contribution is -2.47. The maximum Gasteiger partial charge on any atom is 0.241 e. The normalized spacial score (nSPS) is 12.5. The fourth-order valence-corrected chi connectivity index (χ4v) is 4.99. The number of hydrogen-bond acceptors (Lipinski definition) is 3. The molecule has 0 spiro atoms. The predicted molar refractivity (Wildman–Crippen MR) is 126 cm³/mol. The maximum absolute atomic E-state index is 14.0. The van der Waals surface area contributed by atoms with Crippen LogP contribution in [-0.2, 0) is 27.8 Å². The largest absolute Gasteiger partial charge is 0.361 e. The molecule has 0 aliphatic heterocycles. The minimum absolute atomic E-state index is 0.0535. The molecular weight excluding hydrogens is 441 g/mol. The van der Waals surface area contributed by atoms with Crippen LogP contribution in [0.4, 0.5) is 4.39 Å². The quantitative estimate of drug-likeness (QED) is 0.369. The number of carbonyl (C=O) groups is 1. The van der Waals surface area contributed by atoms with Gasteiger partial charge in [-0.2, -0.15) is 4.72 Å². The lowest BCUT2D eigenvalue weighted by atomic mass is 10.0. The van der Waals surface area contributed by atoms with Crippen molar-refractivity contribution in [2.75, 3.05) is 0 Å². The molecule has 6 nitrogen and oxygen atoms in total. The summed E-state index contributed by atoms with van der Waals surface area (Å²) >= 11 is 0. The van der Waals surface area contributed by atoms with Crippen molar-refractivity contribution < 1.29 is 17.6 Å². The first kappa shape index (κ1) is 22.7. The third kappa shape index (κ3) is 5.30. The molecule has 0 aliphatic carbocycles. The molecule has 4 rings (SSSR count). The van der Waals surface area contributed by atoms with Crippen LogP contribution in [0.2, 0.25) is 0 Å². The van der Waals surface area contributed by atoms with E-state index in [-0.39, 0.29) is 17.9 Å². The number of para-hydroxylation sites is 1. The molecule has 0 bridgehead atoms. The van der Waals surface area contributed by atoms with E-state index < -0.39 is 27.8 Å². The van der Waals surface area contributed by atoms with Crippen molar-refractivity contribution in [3.05, 3.63) is 102 Å². The van der Waals surface area contributed by atoms with Gasteiger partial charge in [-0.25, -0.2) is 12.8 Å². The number of fused-ring (bicyclic) bond motifs is 1. The molecule has 1 aromatic heterocycles. The standard InChI is InChI=1S/C25H24FN3O3S/c1-17-7-6-9-20(13-17)33(31,32)29-24(14-19-16-27-23-12-5-3-10-21(19)23)25(30)28-15-18-8-2-4-11-22(18)26/h2-13,16,24,27,29H,14-15H2,1H3,(H,28,30)/t24-/m0/s1. The summed E-state index contributed by atoms with van der Waals surface area (Å²) in [5, 5.41) is 3.57. The van der Waals surface area contributed by atoms with E-state index >= 15 is 0 Å². The van der Waals surface area contributed by atoms with E-state index in [2.05, 4.69) is 15.0 Å². The maximum atomic E-state index is 14.0. The molecular formula is C25H24FN3O3S. The summed E-state index contributed by atoms with van der Waals surface area (Å²) in [5.41, 5.74) is 2.79. The van der Waals surface area contributed by atoms with E-state index in [1.807, 2.05) is 24.3 Å². The molecule has 3 N–H and O–H groups in total. The Morgan fingerprint density at radius 3 is 2.55 bits per heavy atom. The third-order valence-corrected chi connectivity index (χ3v) is 6.89. The Hall–Kier alpha value is -3.49. The number of rotatable bonds is 8. The fraction of sp³-hybridized carbons (Fsp3) is 0.160. The van der Waals surface area contributed by atoms with Crippen molar-refractivity contribution in [1.29, 1.82) is 0 Å². The Morgan fingerprint density at radius 2 is 1.76 bits per heavy atom. The van der Waals surface area contributed by atoms with Crippen LogP contribution in [0.3, 0.4) is 0 Å². The highest BCUT2D eigenvalue weighted by molar-refractivity contribution is 7.89. The number of halogens is 1. The molecule has 1 atom stereocenters. The van der Waals surface area contributed by atoms with Gasteiger partial charge >= 0.3 is 0 Å². The highest BCUT2D eigenvalue weighted by Gasteiger charge is 2.27. The summed E-state index contributed by atoms with van der Waals surface area (Å²) in [4.78, 5) is 16.3. The Kier molecular flexibility index (Phi) is 6.57. The zero-order valence-corrected chi connectivity index (χ0v) is 18.8. The molecule has 1 heterocycles. The molecule has 3 aromatic carbocycles. The van der Waals surface area contributed by atoms with Crippen molar-refractivity contribution in [2.45, 2.75) is 30.8 Å². The van der Waals surface area contributed by atoms with Gasteiger partial charge in [-0.3, -0.25) is 4.79 Å². The van der Waals surface area contributed by atoms with E-state index in [1.54, 1.807) is 49.5 Å². The number of nitrogens with one attached hydrogen (secondary N) is 3. The highest BCUT2D eigenvalue weighted by atomic mass is 32.2. The molecule has 170 valence electrons. The first-order valence-corrected chi connectivity index (χ1v) is 12.0. The zero-order chi connectivity index (χ0) is 23.4. The van der Waals surface area contributed by atoms with Crippen LogP contribution in [0.1, 0.15) is 16.7 Å². The number of hydrogen-bond donors (Lipinski definition) is 3. The summed E-state index contributed by atoms with van der Waals surface area (Å²) < 4.78 is 42.6. The molecule has 0 radical (unpaired) electrons. The van der Waals surface area contributed by atoms with Crippen LogP contribution < -0.4 is 10.0 Å². The van der Waals surface area contributed by atoms with Gasteiger partial charge in [0.1, 0.15) is 11.9 Å². The summed E-state index contributed by atoms with van der Waals surface area (Å²) in [6.45, 7) is 1.74. The van der Waals surface area contributed by atoms with Crippen LogP contribution in [0.15, 0.2) is 83.9 Å². The van der Waals surface area contributed by atoms with E-state index in [9.17, 15) is 17.6 Å². The second kappa shape index (κ2) is 9.56. The van der Waals surface area contributed by atoms with Gasteiger partial charge in [0.15, 0.2) is 0 Å². The number of aromatic nitrogens is 1. The summed E-state index contributed by atoms with van der Waals surface area (Å²) in [7, 11) is -3.97. The van der Waals surface area contributed by atoms with Gasteiger partial charge in [-0.15, -0.1) is 0 Å². The summed E-state index contributed by atoms with van der Waals surface area (Å²) in [6.07, 6.45) is 1.89. The number of benzene rings is 3. The molecule has 1 amide bonds. The Balaban J connectivity index is 1.61. The van der Waals surface area contributed by atoms with Gasteiger partial charge in [0, 0.05) is 29.2 Å². The number of amides is 1. The lowest BCUT2D eigenvalue weighted by Gasteiger charge is -2.19. The second-order valence-corrected chi connectivity index (χ2v) is 9.58. The van der Waals surface area contributed by atoms with Gasteiger partial charge in [-0.05, 0) is 48.7 Å². The molecule has 0 saturated heterocycles. The minimum Gasteiger partial charge on any atom is -0.361 e. The molecule has 0 fully saturated rings. The third-order valence-electron chi connectivity index (χ3n) is 5.42. The monoisotopic (exact) mass is 465 g/mol. The van der Waals surface area contributed by atoms with Crippen molar-refractivity contribution in [1.82, 2.24) is 15.0 Å². The van der Waals surface area contributed by atoms with E-state index in [4.69, 9.17) is 0 Å². The Labute approximate surface area is 191 Å². The second-order valence-electron chi connectivity index (χ2n) is 7.86. The van der Waals surface area contributed by atoms with Gasteiger partial charge in [0.2, 0.25) is 15.9 Å². The minimum atomic E-state index is -3.97. The van der Waals surface area contributed by atoms with Crippen LogP contribution in [0, 0.1) is 12.7 Å². The van der Waals surface area contributed by atoms with E-state index in [1.165, 1.54) is 12.1 Å². The number of aryl methyl sites for hydroxylation is 1. The van der Waals surface area contributed by atoms with Crippen molar-refractivity contribution in [3.63, 3.8) is 0 Å². The summed E-state index contributed by atoms with van der Waals surface area (Å²) in [6, 6.07) is 19.1. The molecule has 33 heavy (non-hydrogen) atoms. The van der Waals surface area contributed by atoms with Gasteiger partial charge in [0.25, 0.3) is 0 Å². The van der Waals surface area contributed by atoms with Gasteiger partial charge < -0.3 is 10.3 Å². The van der Waals surface area contributed by atoms with Crippen LogP contribution in [0.25, 0.3) is 10.9 Å². The average molecular weight is 466 g/mol. The molecule has 4 aromatic rings. The Bertz CT molecular complexity index is 1400. The first-order valence-electron chi connectivity index (χ1n) is 10.5. The van der Waals surface area contributed by atoms with Gasteiger partial charge in [-0.1, -0.05) is 48.5 Å². The number of H-pyrrole nitrogens is 1. The fourth-order valence-electron chi connectivity index (χ4n) is 3.69. The smallest absolute Gasteiger partial charge is 0.241 e. The van der Waals surface area contributed by atoms with Crippen LogP contribution in [-0.4, -0.2) is 25.4 Å². The van der Waals surface area contributed by atoms with Crippen molar-refractivity contribution in [2.24, 2.45) is 0 Å². The molecule has 0 aliphatic rings. The average Bonchev–Trinajstić information content (AvgIpc) is 3.21. The lowest BCUT2D eigenvalue weighted by molar-refractivity contribution is -0.122. The van der Waals surface area contributed by atoms with Gasteiger partial charge in [0.05, 0.1) is 4.90 Å². The van der Waals surface area contributed by atoms with E-state index in [0.29, 0.717) is 5.56 Å². The molecule has 8 heteroatoms. The highest BCUT2D eigenvalue weighted by Crippen LogP contribution is 2.20. The van der Waals surface area contributed by atoms with Crippen molar-refractivity contribution in [3.8, 4) is 0 Å². The molecule has 0 unspecified atom stereocenters.